The van der Waals surface area contributed by atoms with Gasteiger partial charge in [0.05, 0.1) is 6.61 Å². The lowest BCUT2D eigenvalue weighted by atomic mass is 9.77. The minimum absolute atomic E-state index is 0.0830. The van der Waals surface area contributed by atoms with Crippen LogP contribution >= 0.6 is 0 Å². The summed E-state index contributed by atoms with van der Waals surface area (Å²) >= 11 is 0. The van der Waals surface area contributed by atoms with Gasteiger partial charge in [0.15, 0.2) is 0 Å². The largest absolute Gasteiger partial charge is 0.384 e. The zero-order valence-corrected chi connectivity index (χ0v) is 11.5. The van der Waals surface area contributed by atoms with Crippen LogP contribution in [0.3, 0.4) is 0 Å². The van der Waals surface area contributed by atoms with Gasteiger partial charge in [-0.3, -0.25) is 0 Å². The van der Waals surface area contributed by atoms with Crippen molar-refractivity contribution in [3.63, 3.8) is 0 Å². The van der Waals surface area contributed by atoms with Gasteiger partial charge >= 0.3 is 0 Å². The summed E-state index contributed by atoms with van der Waals surface area (Å²) in [4.78, 5) is 2.56. The number of nitrogens with zero attached hydrogens (tertiary/aromatic N) is 1. The maximum Gasteiger partial charge on any atom is 0.0503 e. The fraction of sp³-hybridized carbons (Fsp3) is 1.00. The number of methoxy groups -OCH3 is 1. The number of ether oxygens (including phenoxy) is 1. The summed E-state index contributed by atoms with van der Waals surface area (Å²) in [5, 5.41) is 0. The van der Waals surface area contributed by atoms with Crippen LogP contribution < -0.4 is 5.73 Å². The molecule has 2 rings (SSSR count). The molecule has 1 aliphatic heterocycles. The van der Waals surface area contributed by atoms with E-state index in [0.29, 0.717) is 0 Å². The van der Waals surface area contributed by atoms with Crippen molar-refractivity contribution >= 4 is 0 Å². The number of hydrogen-bond donors (Lipinski definition) is 1. The fourth-order valence-electron chi connectivity index (χ4n) is 3.72. The number of rotatable bonds is 4. The molecule has 0 amide bonds. The van der Waals surface area contributed by atoms with Gasteiger partial charge in [-0.1, -0.05) is 19.8 Å². The summed E-state index contributed by atoms with van der Waals surface area (Å²) in [5.74, 6) is 1.54. The highest BCUT2D eigenvalue weighted by Gasteiger charge is 2.34. The van der Waals surface area contributed by atoms with E-state index in [-0.39, 0.29) is 5.54 Å². The van der Waals surface area contributed by atoms with Crippen molar-refractivity contribution in [1.29, 1.82) is 0 Å². The summed E-state index contributed by atoms with van der Waals surface area (Å²) in [6.45, 7) is 6.74. The summed E-state index contributed by atoms with van der Waals surface area (Å²) in [7, 11) is 1.80. The van der Waals surface area contributed by atoms with Crippen LogP contribution in [0.15, 0.2) is 0 Å². The van der Waals surface area contributed by atoms with E-state index < -0.39 is 0 Å². The van der Waals surface area contributed by atoms with Crippen molar-refractivity contribution in [2.45, 2.75) is 44.6 Å². The van der Waals surface area contributed by atoms with E-state index in [1.165, 1.54) is 45.2 Å². The first-order valence-corrected chi connectivity index (χ1v) is 7.11. The van der Waals surface area contributed by atoms with Gasteiger partial charge in [-0.05, 0) is 37.6 Å². The molecular weight excluding hydrogens is 212 g/mol. The van der Waals surface area contributed by atoms with E-state index in [1.54, 1.807) is 7.11 Å². The van der Waals surface area contributed by atoms with Gasteiger partial charge in [-0.15, -0.1) is 0 Å². The van der Waals surface area contributed by atoms with Crippen molar-refractivity contribution < 1.29 is 4.74 Å². The molecule has 3 atom stereocenters. The van der Waals surface area contributed by atoms with Crippen LogP contribution in [0.4, 0.5) is 0 Å². The van der Waals surface area contributed by atoms with Gasteiger partial charge in [0.25, 0.3) is 0 Å². The Balaban J connectivity index is 1.80. The first kappa shape index (κ1) is 13.3. The van der Waals surface area contributed by atoms with E-state index in [4.69, 9.17) is 10.5 Å². The molecule has 3 heteroatoms. The molecule has 3 nitrogen and oxygen atoms in total. The lowest BCUT2D eigenvalue weighted by molar-refractivity contribution is 0.139. The second-order valence-electron chi connectivity index (χ2n) is 6.41. The van der Waals surface area contributed by atoms with E-state index in [9.17, 15) is 0 Å². The van der Waals surface area contributed by atoms with Gasteiger partial charge < -0.3 is 15.4 Å². The van der Waals surface area contributed by atoms with Crippen molar-refractivity contribution in [3.8, 4) is 0 Å². The van der Waals surface area contributed by atoms with Crippen molar-refractivity contribution in [2.24, 2.45) is 17.6 Å². The van der Waals surface area contributed by atoms with Gasteiger partial charge in [0.2, 0.25) is 0 Å². The van der Waals surface area contributed by atoms with Crippen LogP contribution in [-0.4, -0.2) is 43.8 Å². The Morgan fingerprint density at radius 1 is 1.41 bits per heavy atom. The summed E-state index contributed by atoms with van der Waals surface area (Å²) < 4.78 is 5.25. The fourth-order valence-corrected chi connectivity index (χ4v) is 3.72. The van der Waals surface area contributed by atoms with Crippen LogP contribution in [-0.2, 0) is 4.74 Å². The molecule has 1 saturated carbocycles. The maximum absolute atomic E-state index is 6.58. The Kier molecular flexibility index (Phi) is 4.45. The van der Waals surface area contributed by atoms with Crippen LogP contribution in [0.5, 0.6) is 0 Å². The van der Waals surface area contributed by atoms with E-state index in [1.807, 2.05) is 0 Å². The number of hydrogen-bond acceptors (Lipinski definition) is 3. The highest BCUT2D eigenvalue weighted by molar-refractivity contribution is 4.93. The Bertz CT molecular complexity index is 246. The van der Waals surface area contributed by atoms with Crippen molar-refractivity contribution in [2.75, 3.05) is 33.4 Å². The van der Waals surface area contributed by atoms with Crippen molar-refractivity contribution in [3.05, 3.63) is 0 Å². The van der Waals surface area contributed by atoms with Gasteiger partial charge in [-0.2, -0.15) is 0 Å². The topological polar surface area (TPSA) is 38.5 Å². The third-order valence-corrected chi connectivity index (χ3v) is 4.44. The third kappa shape index (κ3) is 3.67. The van der Waals surface area contributed by atoms with Gasteiger partial charge in [0, 0.05) is 25.7 Å². The van der Waals surface area contributed by atoms with E-state index >= 15 is 0 Å². The predicted octanol–water partition coefficient (Wildman–Crippen LogP) is 1.86. The number of nitrogens with two attached hydrogens (primary N) is 1. The zero-order valence-electron chi connectivity index (χ0n) is 11.5. The second kappa shape index (κ2) is 5.68. The zero-order chi connectivity index (χ0) is 12.3. The molecule has 0 aromatic carbocycles. The second-order valence-corrected chi connectivity index (χ2v) is 6.41. The Morgan fingerprint density at radius 3 is 2.94 bits per heavy atom. The maximum atomic E-state index is 6.58. The molecule has 1 aliphatic carbocycles. The quantitative estimate of drug-likeness (QED) is 0.815. The lowest BCUT2D eigenvalue weighted by Crippen LogP contribution is -2.52. The Labute approximate surface area is 106 Å². The average molecular weight is 240 g/mol. The summed E-state index contributed by atoms with van der Waals surface area (Å²) in [5.41, 5.74) is 6.66. The SMILES string of the molecule is COCC1CCN(CC2(N)CCCC(C)C2)C1. The molecule has 2 N–H and O–H groups in total. The molecule has 0 spiro atoms. The normalized spacial score (nSPS) is 39.7. The van der Waals surface area contributed by atoms with Crippen LogP contribution in [0.2, 0.25) is 0 Å². The molecule has 3 unspecified atom stereocenters. The average Bonchev–Trinajstić information content (AvgIpc) is 2.64. The van der Waals surface area contributed by atoms with Gasteiger partial charge in [0.1, 0.15) is 0 Å². The molecule has 2 fully saturated rings. The number of likely N-dealkylation sites (tertiary alicyclic amines) is 1. The molecule has 2 aliphatic rings. The third-order valence-electron chi connectivity index (χ3n) is 4.44. The minimum Gasteiger partial charge on any atom is -0.384 e. The molecule has 100 valence electrons. The minimum atomic E-state index is 0.0830. The summed E-state index contributed by atoms with van der Waals surface area (Å²) in [6, 6.07) is 0. The summed E-state index contributed by atoms with van der Waals surface area (Å²) in [6.07, 6.45) is 6.37. The monoisotopic (exact) mass is 240 g/mol. The first-order valence-electron chi connectivity index (χ1n) is 7.11. The predicted molar refractivity (Wildman–Crippen MR) is 71.0 cm³/mol. The Morgan fingerprint density at radius 2 is 2.24 bits per heavy atom. The molecule has 1 saturated heterocycles. The smallest absolute Gasteiger partial charge is 0.0503 e. The highest BCUT2D eigenvalue weighted by atomic mass is 16.5. The van der Waals surface area contributed by atoms with E-state index in [2.05, 4.69) is 11.8 Å². The first-order chi connectivity index (χ1) is 8.11. The van der Waals surface area contributed by atoms with Gasteiger partial charge in [-0.25, -0.2) is 0 Å². The van der Waals surface area contributed by atoms with Crippen LogP contribution in [0.25, 0.3) is 0 Å². The molecular formula is C14H28N2O. The Hall–Kier alpha value is -0.120. The van der Waals surface area contributed by atoms with Crippen molar-refractivity contribution in [1.82, 2.24) is 4.90 Å². The van der Waals surface area contributed by atoms with Crippen LogP contribution in [0.1, 0.15) is 39.0 Å². The van der Waals surface area contributed by atoms with E-state index in [0.717, 1.165) is 25.0 Å². The molecule has 1 heterocycles. The molecule has 0 aromatic heterocycles. The molecule has 0 radical (unpaired) electrons. The molecule has 0 bridgehead atoms. The standard InChI is InChI=1S/C14H28N2O/c1-12-4-3-6-14(15,8-12)11-16-7-5-13(9-16)10-17-2/h12-13H,3-11,15H2,1-2H3. The molecule has 0 aromatic rings. The molecule has 17 heavy (non-hydrogen) atoms. The highest BCUT2D eigenvalue weighted by Crippen LogP contribution is 2.32. The van der Waals surface area contributed by atoms with Crippen LogP contribution in [0, 0.1) is 11.8 Å². The lowest BCUT2D eigenvalue weighted by Gasteiger charge is -2.39.